The molecule has 2 rings (SSSR count). The van der Waals surface area contributed by atoms with E-state index in [9.17, 15) is 8.60 Å². The number of halogens is 2. The number of hydrogen-bond donors (Lipinski definition) is 1. The maximum Gasteiger partial charge on any atom is 0.124 e. The number of hydrogen-bond acceptors (Lipinski definition) is 2. The molecule has 0 saturated carbocycles. The molecule has 0 aliphatic rings. The fourth-order valence-corrected chi connectivity index (χ4v) is 3.28. The van der Waals surface area contributed by atoms with Crippen molar-refractivity contribution < 1.29 is 8.60 Å². The number of nitrogens with two attached hydrogens (primary N) is 1. The molecule has 1 atom stereocenters. The van der Waals surface area contributed by atoms with Crippen molar-refractivity contribution in [3.8, 4) is 0 Å². The lowest BCUT2D eigenvalue weighted by atomic mass is 10.2. The van der Waals surface area contributed by atoms with Crippen molar-refractivity contribution in [1.82, 2.24) is 0 Å². The van der Waals surface area contributed by atoms with E-state index in [1.54, 1.807) is 18.2 Å². The predicted octanol–water partition coefficient (Wildman–Crippen LogP) is 3.68. The summed E-state index contributed by atoms with van der Waals surface area (Å²) in [6.07, 6.45) is 0. The first-order valence-corrected chi connectivity index (χ1v) is 7.35. The van der Waals surface area contributed by atoms with E-state index in [-0.39, 0.29) is 10.8 Å². The van der Waals surface area contributed by atoms with Crippen molar-refractivity contribution in [1.29, 1.82) is 0 Å². The van der Waals surface area contributed by atoms with Gasteiger partial charge in [-0.1, -0.05) is 23.7 Å². The molecule has 0 fully saturated rings. The van der Waals surface area contributed by atoms with Gasteiger partial charge in [0.05, 0.1) is 21.4 Å². The third-order valence-corrected chi connectivity index (χ3v) is 4.50. The molecule has 0 spiro atoms. The monoisotopic (exact) mass is 297 g/mol. The highest BCUT2D eigenvalue weighted by Gasteiger charge is 2.11. The van der Waals surface area contributed by atoms with Crippen LogP contribution in [0.4, 0.5) is 10.1 Å². The average Bonchev–Trinajstić information content (AvgIpc) is 2.32. The maximum atomic E-state index is 12.9. The van der Waals surface area contributed by atoms with Crippen LogP contribution >= 0.6 is 11.6 Å². The van der Waals surface area contributed by atoms with Gasteiger partial charge < -0.3 is 5.73 Å². The van der Waals surface area contributed by atoms with E-state index in [4.69, 9.17) is 17.3 Å². The molecule has 0 saturated heterocycles. The van der Waals surface area contributed by atoms with Crippen LogP contribution in [0.5, 0.6) is 0 Å². The largest absolute Gasteiger partial charge is 0.398 e. The lowest BCUT2D eigenvalue weighted by Crippen LogP contribution is -2.02. The predicted molar refractivity (Wildman–Crippen MR) is 77.1 cm³/mol. The molecule has 2 nitrogen and oxygen atoms in total. The van der Waals surface area contributed by atoms with Crippen LogP contribution in [0.1, 0.15) is 11.1 Å². The average molecular weight is 298 g/mol. The lowest BCUT2D eigenvalue weighted by molar-refractivity contribution is 0.627. The molecule has 0 aromatic heterocycles. The van der Waals surface area contributed by atoms with Crippen LogP contribution in [-0.4, -0.2) is 4.21 Å². The molecule has 100 valence electrons. The number of rotatable bonds is 3. The van der Waals surface area contributed by atoms with Gasteiger partial charge in [-0.05, 0) is 42.3 Å². The Hall–Kier alpha value is -1.39. The Morgan fingerprint density at radius 1 is 1.26 bits per heavy atom. The van der Waals surface area contributed by atoms with Crippen LogP contribution in [0.25, 0.3) is 0 Å². The molecule has 0 bridgehead atoms. The van der Waals surface area contributed by atoms with Gasteiger partial charge in [-0.3, -0.25) is 4.21 Å². The molecule has 0 aliphatic carbocycles. The Balaban J connectivity index is 2.25. The summed E-state index contributed by atoms with van der Waals surface area (Å²) in [4.78, 5) is 0.575. The van der Waals surface area contributed by atoms with E-state index in [2.05, 4.69) is 0 Å². The second-order valence-corrected chi connectivity index (χ2v) is 6.09. The molecule has 0 amide bonds. The minimum atomic E-state index is -1.30. The molecule has 2 N–H and O–H groups in total. The number of aryl methyl sites for hydroxylation is 1. The van der Waals surface area contributed by atoms with Crippen molar-refractivity contribution in [3.63, 3.8) is 0 Å². The van der Waals surface area contributed by atoms with Gasteiger partial charge in [0, 0.05) is 10.7 Å². The Kier molecular flexibility index (Phi) is 4.22. The highest BCUT2D eigenvalue weighted by Crippen LogP contribution is 2.24. The molecule has 0 aliphatic heterocycles. The molecular formula is C14H13ClFNOS. The Labute approximate surface area is 118 Å². The van der Waals surface area contributed by atoms with E-state index in [1.165, 1.54) is 12.1 Å². The minimum Gasteiger partial charge on any atom is -0.398 e. The smallest absolute Gasteiger partial charge is 0.124 e. The van der Waals surface area contributed by atoms with Crippen molar-refractivity contribution in [3.05, 3.63) is 58.4 Å². The van der Waals surface area contributed by atoms with Crippen molar-refractivity contribution in [2.24, 2.45) is 0 Å². The van der Waals surface area contributed by atoms with Crippen molar-refractivity contribution in [2.75, 3.05) is 5.73 Å². The van der Waals surface area contributed by atoms with E-state index in [1.807, 2.05) is 13.0 Å². The number of nitrogen functional groups attached to an aromatic ring is 1. The SMILES string of the molecule is Cc1ccc(S(=O)Cc2ccc(F)cc2Cl)c(N)c1. The maximum absolute atomic E-state index is 12.9. The summed E-state index contributed by atoms with van der Waals surface area (Å²) in [7, 11) is -1.30. The van der Waals surface area contributed by atoms with Crippen LogP contribution in [0.2, 0.25) is 5.02 Å². The molecule has 19 heavy (non-hydrogen) atoms. The fraction of sp³-hybridized carbons (Fsp3) is 0.143. The van der Waals surface area contributed by atoms with Gasteiger partial charge in [0.25, 0.3) is 0 Å². The van der Waals surface area contributed by atoms with Crippen LogP contribution in [-0.2, 0) is 16.6 Å². The van der Waals surface area contributed by atoms with Gasteiger partial charge >= 0.3 is 0 Å². The number of benzene rings is 2. The van der Waals surface area contributed by atoms with Gasteiger partial charge in [0.15, 0.2) is 0 Å². The third kappa shape index (κ3) is 3.33. The Morgan fingerprint density at radius 2 is 2.00 bits per heavy atom. The summed E-state index contributed by atoms with van der Waals surface area (Å²) < 4.78 is 25.2. The van der Waals surface area contributed by atoms with Gasteiger partial charge in [-0.25, -0.2) is 4.39 Å². The summed E-state index contributed by atoms with van der Waals surface area (Å²) in [6.45, 7) is 1.92. The molecule has 2 aromatic rings. The molecule has 5 heteroatoms. The lowest BCUT2D eigenvalue weighted by Gasteiger charge is -2.08. The first-order valence-electron chi connectivity index (χ1n) is 5.66. The van der Waals surface area contributed by atoms with E-state index >= 15 is 0 Å². The topological polar surface area (TPSA) is 43.1 Å². The first kappa shape index (κ1) is 14.0. The van der Waals surface area contributed by atoms with Crippen LogP contribution in [0.15, 0.2) is 41.3 Å². The standard InChI is InChI=1S/C14H13ClFNOS/c1-9-2-5-14(13(17)6-9)19(18)8-10-3-4-11(16)7-12(10)15/h2-7H,8,17H2,1H3. The summed E-state index contributed by atoms with van der Waals surface area (Å²) in [5, 5.41) is 0.277. The molecule has 0 radical (unpaired) electrons. The third-order valence-electron chi connectivity index (χ3n) is 2.71. The van der Waals surface area contributed by atoms with E-state index in [0.717, 1.165) is 5.56 Å². The van der Waals surface area contributed by atoms with Crippen LogP contribution < -0.4 is 5.73 Å². The molecule has 0 heterocycles. The Bertz CT molecular complexity index is 645. The van der Waals surface area contributed by atoms with E-state index in [0.29, 0.717) is 16.1 Å². The van der Waals surface area contributed by atoms with Gasteiger partial charge in [-0.2, -0.15) is 0 Å². The molecule has 1 unspecified atom stereocenters. The summed E-state index contributed by atoms with van der Waals surface area (Å²) in [5.41, 5.74) is 8.00. The second-order valence-electron chi connectivity index (χ2n) is 4.27. The summed E-state index contributed by atoms with van der Waals surface area (Å²) >= 11 is 5.92. The zero-order valence-corrected chi connectivity index (χ0v) is 11.9. The minimum absolute atomic E-state index is 0.215. The Morgan fingerprint density at radius 3 is 2.63 bits per heavy atom. The van der Waals surface area contributed by atoms with Crippen LogP contribution in [0.3, 0.4) is 0 Å². The molecular weight excluding hydrogens is 285 g/mol. The van der Waals surface area contributed by atoms with E-state index < -0.39 is 16.6 Å². The second kappa shape index (κ2) is 5.72. The zero-order valence-electron chi connectivity index (χ0n) is 10.3. The summed E-state index contributed by atoms with van der Waals surface area (Å²) in [6, 6.07) is 9.44. The highest BCUT2D eigenvalue weighted by atomic mass is 35.5. The van der Waals surface area contributed by atoms with Crippen molar-refractivity contribution in [2.45, 2.75) is 17.6 Å². The summed E-state index contributed by atoms with van der Waals surface area (Å²) in [5.74, 6) is -0.193. The van der Waals surface area contributed by atoms with Crippen molar-refractivity contribution >= 4 is 28.1 Å². The van der Waals surface area contributed by atoms with Crippen LogP contribution in [0, 0.1) is 12.7 Å². The van der Waals surface area contributed by atoms with Gasteiger partial charge in [-0.15, -0.1) is 0 Å². The first-order chi connectivity index (χ1) is 8.97. The highest BCUT2D eigenvalue weighted by molar-refractivity contribution is 7.84. The van der Waals surface area contributed by atoms with Gasteiger partial charge in [0.2, 0.25) is 0 Å². The zero-order chi connectivity index (χ0) is 14.0. The fourth-order valence-electron chi connectivity index (χ4n) is 1.73. The normalized spacial score (nSPS) is 12.4. The quantitative estimate of drug-likeness (QED) is 0.878. The number of anilines is 1. The van der Waals surface area contributed by atoms with Gasteiger partial charge in [0.1, 0.15) is 5.82 Å². The molecule has 2 aromatic carbocycles.